The van der Waals surface area contributed by atoms with Crippen molar-refractivity contribution < 1.29 is 14.7 Å². The molecule has 5 nitrogen and oxygen atoms in total. The predicted molar refractivity (Wildman–Crippen MR) is 81.1 cm³/mol. The van der Waals surface area contributed by atoms with Crippen LogP contribution in [0.15, 0.2) is 0 Å². The number of hydrogen-bond acceptors (Lipinski definition) is 2. The molecular weight excluding hydrogens is 268 g/mol. The van der Waals surface area contributed by atoms with Crippen molar-refractivity contribution >= 4 is 12.0 Å². The molecule has 0 aromatic carbocycles. The predicted octanol–water partition coefficient (Wildman–Crippen LogP) is 2.85. The number of carboxylic acid groups (broad SMARTS) is 1. The van der Waals surface area contributed by atoms with Crippen molar-refractivity contribution in [2.45, 2.75) is 64.8 Å². The van der Waals surface area contributed by atoms with Crippen LogP contribution in [0.3, 0.4) is 0 Å². The number of amides is 2. The zero-order valence-corrected chi connectivity index (χ0v) is 13.2. The quantitative estimate of drug-likeness (QED) is 0.838. The molecule has 0 aromatic rings. The van der Waals surface area contributed by atoms with Gasteiger partial charge in [0, 0.05) is 19.1 Å². The third-order valence-corrected chi connectivity index (χ3v) is 5.36. The Hall–Kier alpha value is -1.26. The van der Waals surface area contributed by atoms with Crippen molar-refractivity contribution in [2.24, 2.45) is 11.3 Å². The fraction of sp³-hybridized carbons (Fsp3) is 0.875. The second kappa shape index (κ2) is 6.67. The number of nitrogens with one attached hydrogen (secondary N) is 1. The summed E-state index contributed by atoms with van der Waals surface area (Å²) in [4.78, 5) is 25.6. The van der Waals surface area contributed by atoms with E-state index in [9.17, 15) is 14.7 Å². The smallest absolute Gasteiger partial charge is 0.317 e. The molecular formula is C16H28N2O3. The van der Waals surface area contributed by atoms with E-state index in [0.717, 1.165) is 12.8 Å². The van der Waals surface area contributed by atoms with Crippen molar-refractivity contribution in [2.75, 3.05) is 13.1 Å². The van der Waals surface area contributed by atoms with Crippen molar-refractivity contribution in [3.8, 4) is 0 Å². The van der Waals surface area contributed by atoms with E-state index in [0.29, 0.717) is 44.3 Å². The highest BCUT2D eigenvalue weighted by Gasteiger charge is 2.41. The van der Waals surface area contributed by atoms with Crippen molar-refractivity contribution in [3.63, 3.8) is 0 Å². The third-order valence-electron chi connectivity index (χ3n) is 5.36. The van der Waals surface area contributed by atoms with Crippen molar-refractivity contribution in [3.05, 3.63) is 0 Å². The molecule has 1 saturated carbocycles. The summed E-state index contributed by atoms with van der Waals surface area (Å²) in [7, 11) is 0. The molecule has 2 fully saturated rings. The number of carboxylic acids is 1. The second-order valence-corrected chi connectivity index (χ2v) is 6.79. The summed E-state index contributed by atoms with van der Waals surface area (Å²) in [5.41, 5.74) is -0.619. The molecule has 2 unspecified atom stereocenters. The van der Waals surface area contributed by atoms with Gasteiger partial charge in [0.05, 0.1) is 5.41 Å². The largest absolute Gasteiger partial charge is 0.481 e. The lowest BCUT2D eigenvalue weighted by molar-refractivity contribution is -0.152. The molecule has 2 aliphatic rings. The Kier molecular flexibility index (Phi) is 5.12. The molecule has 2 rings (SSSR count). The maximum atomic E-state index is 12.3. The van der Waals surface area contributed by atoms with Crippen LogP contribution in [-0.4, -0.2) is 41.1 Å². The number of piperidine rings is 1. The van der Waals surface area contributed by atoms with Gasteiger partial charge in [-0.15, -0.1) is 0 Å². The summed E-state index contributed by atoms with van der Waals surface area (Å²) in [6.45, 7) is 5.31. The Labute approximate surface area is 127 Å². The molecule has 21 heavy (non-hydrogen) atoms. The fourth-order valence-electron chi connectivity index (χ4n) is 3.80. The van der Waals surface area contributed by atoms with Gasteiger partial charge in [0.25, 0.3) is 0 Å². The molecule has 2 N–H and O–H groups in total. The van der Waals surface area contributed by atoms with E-state index in [2.05, 4.69) is 12.2 Å². The molecule has 120 valence electrons. The van der Waals surface area contributed by atoms with Crippen LogP contribution in [-0.2, 0) is 4.79 Å². The van der Waals surface area contributed by atoms with Crippen LogP contribution < -0.4 is 5.32 Å². The zero-order valence-electron chi connectivity index (χ0n) is 13.2. The van der Waals surface area contributed by atoms with Crippen LogP contribution in [0.1, 0.15) is 58.8 Å². The number of nitrogens with zero attached hydrogens (tertiary/aromatic N) is 1. The van der Waals surface area contributed by atoms with Crippen LogP contribution in [0, 0.1) is 11.3 Å². The first kappa shape index (κ1) is 16.1. The fourth-order valence-corrected chi connectivity index (χ4v) is 3.80. The van der Waals surface area contributed by atoms with Gasteiger partial charge >= 0.3 is 12.0 Å². The summed E-state index contributed by atoms with van der Waals surface area (Å²) in [6.07, 6.45) is 6.16. The highest BCUT2D eigenvalue weighted by molar-refractivity contribution is 5.77. The Morgan fingerprint density at radius 3 is 2.43 bits per heavy atom. The molecule has 2 atom stereocenters. The van der Waals surface area contributed by atoms with Gasteiger partial charge in [-0.2, -0.15) is 0 Å². The van der Waals surface area contributed by atoms with Gasteiger partial charge in [-0.25, -0.2) is 4.79 Å². The Bertz CT molecular complexity index is 389. The summed E-state index contributed by atoms with van der Waals surface area (Å²) in [6, 6.07) is 0.281. The lowest BCUT2D eigenvalue weighted by Crippen LogP contribution is -2.51. The number of carbonyl (C=O) groups excluding carboxylic acids is 1. The summed E-state index contributed by atoms with van der Waals surface area (Å²) in [5, 5.41) is 12.6. The molecule has 1 heterocycles. The molecule has 0 radical (unpaired) electrons. The second-order valence-electron chi connectivity index (χ2n) is 6.79. The molecule has 2 amide bonds. The number of aliphatic carboxylic acids is 1. The first-order valence-corrected chi connectivity index (χ1v) is 8.27. The first-order chi connectivity index (χ1) is 9.98. The maximum Gasteiger partial charge on any atom is 0.317 e. The van der Waals surface area contributed by atoms with Gasteiger partial charge in [0.15, 0.2) is 0 Å². The van der Waals surface area contributed by atoms with Gasteiger partial charge in [-0.05, 0) is 38.0 Å². The number of likely N-dealkylation sites (tertiary alicyclic amines) is 1. The summed E-state index contributed by atoms with van der Waals surface area (Å²) in [5.74, 6) is -0.147. The Morgan fingerprint density at radius 1 is 1.29 bits per heavy atom. The minimum absolute atomic E-state index is 0.00997. The molecule has 0 bridgehead atoms. The highest BCUT2D eigenvalue weighted by atomic mass is 16.4. The van der Waals surface area contributed by atoms with E-state index in [-0.39, 0.29) is 6.03 Å². The molecule has 5 heteroatoms. The number of carbonyl (C=O) groups is 2. The third kappa shape index (κ3) is 3.50. The van der Waals surface area contributed by atoms with Crippen molar-refractivity contribution in [1.82, 2.24) is 10.2 Å². The Morgan fingerprint density at radius 2 is 1.95 bits per heavy atom. The van der Waals surface area contributed by atoms with Crippen molar-refractivity contribution in [1.29, 1.82) is 0 Å². The van der Waals surface area contributed by atoms with E-state index in [1.54, 1.807) is 4.90 Å². The molecule has 0 spiro atoms. The average Bonchev–Trinajstić information content (AvgIpc) is 2.85. The first-order valence-electron chi connectivity index (χ1n) is 8.27. The Balaban J connectivity index is 1.87. The van der Waals surface area contributed by atoms with Crippen LogP contribution in [0.25, 0.3) is 0 Å². The average molecular weight is 296 g/mol. The van der Waals surface area contributed by atoms with E-state index < -0.39 is 11.4 Å². The standard InChI is InChI=1S/C16H28N2O3/c1-3-7-16(14(19)20)8-10-18(11-9-16)15(21)17-13-6-4-5-12(13)2/h12-13H,3-11H2,1-2H3,(H,17,21)(H,19,20). The number of urea groups is 1. The lowest BCUT2D eigenvalue weighted by Gasteiger charge is -2.39. The van der Waals surface area contributed by atoms with Gasteiger partial charge in [0.1, 0.15) is 0 Å². The molecule has 1 aliphatic heterocycles. The molecule has 1 aliphatic carbocycles. The number of rotatable bonds is 4. The van der Waals surface area contributed by atoms with E-state index >= 15 is 0 Å². The van der Waals surface area contributed by atoms with E-state index in [1.807, 2.05) is 6.92 Å². The minimum Gasteiger partial charge on any atom is -0.481 e. The molecule has 1 saturated heterocycles. The van der Waals surface area contributed by atoms with Crippen LogP contribution in [0.4, 0.5) is 4.79 Å². The SMILES string of the molecule is CCCC1(C(=O)O)CCN(C(=O)NC2CCCC2C)CC1. The molecule has 0 aromatic heterocycles. The van der Waals surface area contributed by atoms with Gasteiger partial charge in [-0.1, -0.05) is 26.7 Å². The maximum absolute atomic E-state index is 12.3. The monoisotopic (exact) mass is 296 g/mol. The topological polar surface area (TPSA) is 69.6 Å². The van der Waals surface area contributed by atoms with E-state index in [1.165, 1.54) is 12.8 Å². The normalized spacial score (nSPS) is 28.4. The van der Waals surface area contributed by atoms with Crippen LogP contribution >= 0.6 is 0 Å². The zero-order chi connectivity index (χ0) is 15.5. The van der Waals surface area contributed by atoms with E-state index in [4.69, 9.17) is 0 Å². The highest BCUT2D eigenvalue weighted by Crippen LogP contribution is 2.36. The summed E-state index contributed by atoms with van der Waals surface area (Å²) >= 11 is 0. The van der Waals surface area contributed by atoms with Gasteiger partial charge in [0.2, 0.25) is 0 Å². The lowest BCUT2D eigenvalue weighted by atomic mass is 9.75. The minimum atomic E-state index is -0.700. The van der Waals surface area contributed by atoms with Crippen LogP contribution in [0.2, 0.25) is 0 Å². The van der Waals surface area contributed by atoms with Gasteiger partial charge < -0.3 is 15.3 Å². The van der Waals surface area contributed by atoms with Gasteiger partial charge in [-0.3, -0.25) is 4.79 Å². The van der Waals surface area contributed by atoms with Crippen LogP contribution in [0.5, 0.6) is 0 Å². The summed E-state index contributed by atoms with van der Waals surface area (Å²) < 4.78 is 0. The number of hydrogen-bond donors (Lipinski definition) is 2.